The second-order valence-corrected chi connectivity index (χ2v) is 4.51. The van der Waals surface area contributed by atoms with E-state index in [1.165, 1.54) is 0 Å². The third-order valence-corrected chi connectivity index (χ3v) is 3.40. The molecule has 3 heterocycles. The van der Waals surface area contributed by atoms with Crippen molar-refractivity contribution in [3.05, 3.63) is 30.1 Å². The minimum atomic E-state index is -0.527. The van der Waals surface area contributed by atoms with Gasteiger partial charge in [0.1, 0.15) is 6.04 Å². The molecule has 1 aromatic rings. The predicted octanol–water partition coefficient (Wildman–Crippen LogP) is -0.947. The Bertz CT molecular complexity index is 476. The summed E-state index contributed by atoms with van der Waals surface area (Å²) < 4.78 is 0. The van der Waals surface area contributed by atoms with Crippen LogP contribution in [0.2, 0.25) is 0 Å². The van der Waals surface area contributed by atoms with Crippen LogP contribution in [0.15, 0.2) is 24.5 Å². The predicted molar refractivity (Wildman–Crippen MR) is 63.5 cm³/mol. The van der Waals surface area contributed by atoms with Gasteiger partial charge >= 0.3 is 0 Å². The average Bonchev–Trinajstić information content (AvgIpc) is 2.40. The molecular formula is C12H14N4O2. The topological polar surface area (TPSA) is 74.3 Å². The molecule has 2 aliphatic heterocycles. The molecule has 0 radical (unpaired) electrons. The summed E-state index contributed by atoms with van der Waals surface area (Å²) in [6.45, 7) is 1.53. The Morgan fingerprint density at radius 1 is 1.22 bits per heavy atom. The van der Waals surface area contributed by atoms with Gasteiger partial charge in [0.25, 0.3) is 0 Å². The number of piperazine rings is 2. The van der Waals surface area contributed by atoms with Crippen molar-refractivity contribution < 1.29 is 9.59 Å². The van der Waals surface area contributed by atoms with E-state index in [0.29, 0.717) is 19.6 Å². The van der Waals surface area contributed by atoms with Crippen LogP contribution in [0.25, 0.3) is 0 Å². The van der Waals surface area contributed by atoms with Crippen LogP contribution in [0.4, 0.5) is 0 Å². The summed E-state index contributed by atoms with van der Waals surface area (Å²) in [5, 5.41) is 5.92. The highest BCUT2D eigenvalue weighted by atomic mass is 16.2. The van der Waals surface area contributed by atoms with Crippen LogP contribution in [-0.4, -0.2) is 47.4 Å². The lowest BCUT2D eigenvalue weighted by Crippen LogP contribution is -2.65. The lowest BCUT2D eigenvalue weighted by atomic mass is 9.98. The molecule has 94 valence electrons. The number of hydrogen-bond donors (Lipinski definition) is 2. The van der Waals surface area contributed by atoms with E-state index in [9.17, 15) is 9.59 Å². The molecule has 0 aliphatic carbocycles. The first kappa shape index (κ1) is 11.2. The van der Waals surface area contributed by atoms with Crippen LogP contribution >= 0.6 is 0 Å². The molecule has 2 aliphatic rings. The zero-order chi connectivity index (χ0) is 12.5. The van der Waals surface area contributed by atoms with Crippen LogP contribution in [0, 0.1) is 0 Å². The van der Waals surface area contributed by atoms with Gasteiger partial charge in [-0.2, -0.15) is 0 Å². The lowest BCUT2D eigenvalue weighted by molar-refractivity contribution is -0.148. The van der Waals surface area contributed by atoms with Crippen molar-refractivity contribution in [2.24, 2.45) is 0 Å². The number of amides is 2. The van der Waals surface area contributed by atoms with Crippen LogP contribution in [0.5, 0.6) is 0 Å². The molecule has 1 aromatic heterocycles. The molecule has 2 fully saturated rings. The molecule has 0 spiro atoms. The molecule has 0 bridgehead atoms. The molecule has 6 heteroatoms. The van der Waals surface area contributed by atoms with Gasteiger partial charge in [0, 0.05) is 25.5 Å². The second-order valence-electron chi connectivity index (χ2n) is 4.51. The van der Waals surface area contributed by atoms with Crippen molar-refractivity contribution in [2.75, 3.05) is 19.6 Å². The average molecular weight is 246 g/mol. The van der Waals surface area contributed by atoms with Gasteiger partial charge < -0.3 is 15.5 Å². The number of pyridine rings is 1. The van der Waals surface area contributed by atoms with E-state index in [-0.39, 0.29) is 17.9 Å². The van der Waals surface area contributed by atoms with Gasteiger partial charge in [-0.15, -0.1) is 0 Å². The molecule has 2 saturated heterocycles. The van der Waals surface area contributed by atoms with Crippen LogP contribution in [0.1, 0.15) is 11.6 Å². The van der Waals surface area contributed by atoms with E-state index in [4.69, 9.17) is 0 Å². The fourth-order valence-electron chi connectivity index (χ4n) is 2.56. The lowest BCUT2D eigenvalue weighted by Gasteiger charge is -2.44. The van der Waals surface area contributed by atoms with Crippen LogP contribution < -0.4 is 10.6 Å². The first-order valence-electron chi connectivity index (χ1n) is 5.97. The first-order valence-corrected chi connectivity index (χ1v) is 5.97. The number of carbonyl (C=O) groups is 2. The summed E-state index contributed by atoms with van der Waals surface area (Å²) in [6, 6.07) is 3.06. The first-order chi connectivity index (χ1) is 8.77. The Hall–Kier alpha value is -1.95. The van der Waals surface area contributed by atoms with E-state index in [2.05, 4.69) is 15.6 Å². The van der Waals surface area contributed by atoms with Gasteiger partial charge in [-0.1, -0.05) is 0 Å². The summed E-state index contributed by atoms with van der Waals surface area (Å²) in [4.78, 5) is 29.7. The summed E-state index contributed by atoms with van der Waals surface area (Å²) in [7, 11) is 0. The minimum absolute atomic E-state index is 0.0251. The van der Waals surface area contributed by atoms with Gasteiger partial charge in [-0.3, -0.25) is 14.6 Å². The van der Waals surface area contributed by atoms with Crippen molar-refractivity contribution >= 4 is 11.8 Å². The van der Waals surface area contributed by atoms with Crippen molar-refractivity contribution in [3.63, 3.8) is 0 Å². The van der Waals surface area contributed by atoms with Crippen molar-refractivity contribution in [2.45, 2.75) is 12.1 Å². The van der Waals surface area contributed by atoms with E-state index in [1.807, 2.05) is 0 Å². The van der Waals surface area contributed by atoms with E-state index >= 15 is 0 Å². The Morgan fingerprint density at radius 2 is 2.00 bits per heavy atom. The maximum absolute atomic E-state index is 12.0. The van der Waals surface area contributed by atoms with E-state index in [1.54, 1.807) is 29.4 Å². The van der Waals surface area contributed by atoms with Crippen LogP contribution in [-0.2, 0) is 9.59 Å². The SMILES string of the molecule is O=C1NCC2CNCC(=O)N2C1c1ccncc1. The smallest absolute Gasteiger partial charge is 0.247 e. The number of carbonyl (C=O) groups excluding carboxylic acids is 2. The van der Waals surface area contributed by atoms with E-state index < -0.39 is 6.04 Å². The number of rotatable bonds is 1. The molecular weight excluding hydrogens is 232 g/mol. The molecule has 0 aromatic carbocycles. The highest BCUT2D eigenvalue weighted by Crippen LogP contribution is 2.26. The fourth-order valence-corrected chi connectivity index (χ4v) is 2.56. The molecule has 2 N–H and O–H groups in total. The van der Waals surface area contributed by atoms with Gasteiger partial charge in [0.15, 0.2) is 0 Å². The highest BCUT2D eigenvalue weighted by Gasteiger charge is 2.41. The molecule has 3 rings (SSSR count). The number of nitrogens with zero attached hydrogens (tertiary/aromatic N) is 2. The fraction of sp³-hybridized carbons (Fsp3) is 0.417. The molecule has 0 saturated carbocycles. The third kappa shape index (κ3) is 1.74. The number of hydrogen-bond acceptors (Lipinski definition) is 4. The second kappa shape index (κ2) is 4.38. The van der Waals surface area contributed by atoms with Gasteiger partial charge in [-0.05, 0) is 17.7 Å². The minimum Gasteiger partial charge on any atom is -0.352 e. The Labute approximate surface area is 104 Å². The normalized spacial score (nSPS) is 27.7. The molecule has 2 unspecified atom stereocenters. The largest absolute Gasteiger partial charge is 0.352 e. The number of aromatic nitrogens is 1. The standard InChI is InChI=1S/C12H14N4O2/c17-10-7-14-5-9-6-15-12(18)11(16(9)10)8-1-3-13-4-2-8/h1-4,9,11,14H,5-7H2,(H,15,18). The molecule has 6 nitrogen and oxygen atoms in total. The maximum Gasteiger partial charge on any atom is 0.247 e. The summed E-state index contributed by atoms with van der Waals surface area (Å²) in [6.07, 6.45) is 3.28. The van der Waals surface area contributed by atoms with Crippen molar-refractivity contribution in [3.8, 4) is 0 Å². The van der Waals surface area contributed by atoms with Crippen molar-refractivity contribution in [1.82, 2.24) is 20.5 Å². The summed E-state index contributed by atoms with van der Waals surface area (Å²) in [5.41, 5.74) is 0.808. The molecule has 2 atom stereocenters. The Morgan fingerprint density at radius 3 is 2.78 bits per heavy atom. The number of nitrogens with one attached hydrogen (secondary N) is 2. The van der Waals surface area contributed by atoms with Crippen LogP contribution in [0.3, 0.4) is 0 Å². The van der Waals surface area contributed by atoms with E-state index in [0.717, 1.165) is 5.56 Å². The zero-order valence-electron chi connectivity index (χ0n) is 9.80. The van der Waals surface area contributed by atoms with Gasteiger partial charge in [-0.25, -0.2) is 0 Å². The summed E-state index contributed by atoms with van der Waals surface area (Å²) >= 11 is 0. The zero-order valence-corrected chi connectivity index (χ0v) is 9.80. The molecule has 2 amide bonds. The van der Waals surface area contributed by atoms with Crippen molar-refractivity contribution in [1.29, 1.82) is 0 Å². The third-order valence-electron chi connectivity index (χ3n) is 3.40. The monoisotopic (exact) mass is 246 g/mol. The van der Waals surface area contributed by atoms with Gasteiger partial charge in [0.05, 0.1) is 12.6 Å². The Balaban J connectivity index is 1.98. The number of fused-ring (bicyclic) bond motifs is 1. The quantitative estimate of drug-likeness (QED) is 0.670. The molecule has 18 heavy (non-hydrogen) atoms. The highest BCUT2D eigenvalue weighted by molar-refractivity contribution is 5.91. The van der Waals surface area contributed by atoms with Gasteiger partial charge in [0.2, 0.25) is 11.8 Å². The summed E-state index contributed by atoms with van der Waals surface area (Å²) in [5.74, 6) is -0.143. The Kier molecular flexibility index (Phi) is 2.71. The maximum atomic E-state index is 12.0.